The molecule has 0 atom stereocenters. The molecule has 29 heavy (non-hydrogen) atoms. The van der Waals surface area contributed by atoms with Crippen molar-refractivity contribution in [2.45, 2.75) is 58.9 Å². The van der Waals surface area contributed by atoms with Crippen LogP contribution >= 0.6 is 0 Å². The molecule has 0 aliphatic heterocycles. The molecule has 0 N–H and O–H groups in total. The van der Waals surface area contributed by atoms with Crippen LogP contribution in [0.25, 0.3) is 10.9 Å². The van der Waals surface area contributed by atoms with Gasteiger partial charge in [-0.25, -0.2) is 0 Å². The van der Waals surface area contributed by atoms with E-state index in [-0.39, 0.29) is 10.6 Å². The van der Waals surface area contributed by atoms with Crippen molar-refractivity contribution in [1.29, 1.82) is 0 Å². The first-order chi connectivity index (χ1) is 13.6. The van der Waals surface area contributed by atoms with E-state index in [1.807, 2.05) is 61.5 Å². The Hall–Kier alpha value is -2.53. The lowest BCUT2D eigenvalue weighted by Gasteiger charge is -2.36. The van der Waals surface area contributed by atoms with Crippen LogP contribution in [0.4, 0.5) is 0 Å². The smallest absolute Gasteiger partial charge is 0.285 e. The molecule has 1 aromatic heterocycles. The van der Waals surface area contributed by atoms with Crippen LogP contribution in [0.2, 0.25) is 18.1 Å². The molecule has 0 unspecified atom stereocenters. The summed E-state index contributed by atoms with van der Waals surface area (Å²) in [5.74, 6) is 0.657. The molecule has 1 heterocycles. The van der Waals surface area contributed by atoms with Gasteiger partial charge in [0.25, 0.3) is 13.9 Å². The maximum Gasteiger partial charge on any atom is 0.285 e. The summed E-state index contributed by atoms with van der Waals surface area (Å²) in [6.45, 7) is 13.2. The van der Waals surface area contributed by atoms with Crippen molar-refractivity contribution in [3.63, 3.8) is 0 Å². The summed E-state index contributed by atoms with van der Waals surface area (Å²) in [5, 5.41) is 0.923. The van der Waals surface area contributed by atoms with E-state index in [0.717, 1.165) is 16.5 Å². The lowest BCUT2D eigenvalue weighted by atomic mass is 10.1. The van der Waals surface area contributed by atoms with E-state index in [2.05, 4.69) is 33.9 Å². The van der Waals surface area contributed by atoms with Crippen molar-refractivity contribution in [2.75, 3.05) is 0 Å². The average molecular weight is 410 g/mol. The fraction of sp³-hybridized carbons (Fsp3) is 0.375. The second-order valence-corrected chi connectivity index (χ2v) is 13.6. The Labute approximate surface area is 174 Å². The summed E-state index contributed by atoms with van der Waals surface area (Å²) in [6.07, 6.45) is 0.657. The van der Waals surface area contributed by atoms with Crippen LogP contribution in [-0.2, 0) is 13.0 Å². The summed E-state index contributed by atoms with van der Waals surface area (Å²) >= 11 is 0. The van der Waals surface area contributed by atoms with Gasteiger partial charge in [-0.1, -0.05) is 70.2 Å². The number of ether oxygens (including phenoxy) is 1. The molecule has 0 saturated heterocycles. The van der Waals surface area contributed by atoms with Gasteiger partial charge in [-0.05, 0) is 42.2 Å². The largest absolute Gasteiger partial charge is 0.487 e. The fourth-order valence-corrected chi connectivity index (χ4v) is 3.82. The van der Waals surface area contributed by atoms with Gasteiger partial charge in [0, 0.05) is 10.9 Å². The zero-order valence-corrected chi connectivity index (χ0v) is 19.3. The Morgan fingerprint density at radius 3 is 2.31 bits per heavy atom. The molecule has 4 nitrogen and oxygen atoms in total. The molecule has 0 fully saturated rings. The molecule has 0 amide bonds. The Morgan fingerprint density at radius 1 is 1.00 bits per heavy atom. The van der Waals surface area contributed by atoms with E-state index >= 15 is 0 Å². The highest BCUT2D eigenvalue weighted by Crippen LogP contribution is 2.36. The Balaban J connectivity index is 2.14. The maximum absolute atomic E-state index is 13.2. The van der Waals surface area contributed by atoms with Crippen LogP contribution < -0.4 is 14.8 Å². The van der Waals surface area contributed by atoms with E-state index in [9.17, 15) is 4.79 Å². The Morgan fingerprint density at radius 2 is 1.69 bits per heavy atom. The molecular weight excluding hydrogens is 378 g/mol. The standard InChI is InChI=1S/C24H31NO3Si/c1-7-19-16-20-14-11-15-21(27-17-18-12-9-8-10-13-18)22(20)25(23(19)26)28-29(5,6)24(2,3)4/h8-16H,7,17H2,1-6H3. The molecule has 0 saturated carbocycles. The molecular formula is C24H31NO3Si. The van der Waals surface area contributed by atoms with Crippen molar-refractivity contribution in [3.8, 4) is 5.75 Å². The number of hydrogen-bond donors (Lipinski definition) is 0. The normalized spacial score (nSPS) is 12.2. The third kappa shape index (κ3) is 4.40. The van der Waals surface area contributed by atoms with Crippen LogP contribution in [0.3, 0.4) is 0 Å². The SMILES string of the molecule is CCc1cc2cccc(OCc3ccccc3)c2n(O[Si](C)(C)C(C)(C)C)c1=O. The number of aromatic nitrogens is 1. The predicted octanol–water partition coefficient (Wildman–Crippen LogP) is 5.58. The molecule has 0 radical (unpaired) electrons. The Bertz CT molecular complexity index is 1050. The van der Waals surface area contributed by atoms with Gasteiger partial charge in [0.05, 0.1) is 0 Å². The van der Waals surface area contributed by atoms with Gasteiger partial charge < -0.3 is 9.26 Å². The molecule has 0 aliphatic rings. The van der Waals surface area contributed by atoms with Gasteiger partial charge in [-0.3, -0.25) is 4.79 Å². The number of hydrogen-bond acceptors (Lipinski definition) is 3. The zero-order chi connectivity index (χ0) is 21.2. The minimum atomic E-state index is -2.23. The van der Waals surface area contributed by atoms with Gasteiger partial charge in [-0.15, -0.1) is 0 Å². The van der Waals surface area contributed by atoms with Gasteiger partial charge >= 0.3 is 0 Å². The number of para-hydroxylation sites is 1. The highest BCUT2D eigenvalue weighted by molar-refractivity contribution is 6.74. The van der Waals surface area contributed by atoms with E-state index in [4.69, 9.17) is 9.26 Å². The summed E-state index contributed by atoms with van der Waals surface area (Å²) in [7, 11) is -2.23. The van der Waals surface area contributed by atoms with E-state index in [1.54, 1.807) is 0 Å². The molecule has 3 aromatic rings. The van der Waals surface area contributed by atoms with Crippen LogP contribution in [-0.4, -0.2) is 13.0 Å². The molecule has 5 heteroatoms. The lowest BCUT2D eigenvalue weighted by molar-refractivity contribution is 0.243. The third-order valence-corrected chi connectivity index (χ3v) is 10.0. The van der Waals surface area contributed by atoms with Gasteiger partial charge in [0.2, 0.25) is 0 Å². The number of rotatable bonds is 6. The van der Waals surface area contributed by atoms with E-state index < -0.39 is 8.32 Å². The van der Waals surface area contributed by atoms with Gasteiger partial charge in [-0.2, -0.15) is 4.73 Å². The first-order valence-corrected chi connectivity index (χ1v) is 13.1. The molecule has 154 valence electrons. The first-order valence-electron chi connectivity index (χ1n) is 10.2. The summed E-state index contributed by atoms with van der Waals surface area (Å²) in [6, 6.07) is 17.9. The quantitative estimate of drug-likeness (QED) is 0.499. The monoisotopic (exact) mass is 409 g/mol. The van der Waals surface area contributed by atoms with E-state index in [1.165, 1.54) is 4.73 Å². The number of fused-ring (bicyclic) bond motifs is 1. The van der Waals surface area contributed by atoms with Gasteiger partial charge in [0.15, 0.2) is 0 Å². The minimum absolute atomic E-state index is 0.0270. The number of pyridine rings is 1. The second kappa shape index (κ2) is 8.07. The van der Waals surface area contributed by atoms with Crippen LogP contribution in [0, 0.1) is 0 Å². The highest BCUT2D eigenvalue weighted by Gasteiger charge is 2.41. The van der Waals surface area contributed by atoms with Crippen molar-refractivity contribution >= 4 is 19.2 Å². The van der Waals surface area contributed by atoms with Crippen LogP contribution in [0.5, 0.6) is 5.75 Å². The van der Waals surface area contributed by atoms with Crippen LogP contribution in [0.1, 0.15) is 38.8 Å². The molecule has 0 bridgehead atoms. The van der Waals surface area contributed by atoms with E-state index in [0.29, 0.717) is 24.3 Å². The summed E-state index contributed by atoms with van der Waals surface area (Å²) < 4.78 is 14.2. The maximum atomic E-state index is 13.2. The van der Waals surface area contributed by atoms with Crippen molar-refractivity contribution in [2.24, 2.45) is 0 Å². The third-order valence-electron chi connectivity index (χ3n) is 5.77. The predicted molar refractivity (Wildman–Crippen MR) is 122 cm³/mol. The number of benzene rings is 2. The minimum Gasteiger partial charge on any atom is -0.487 e. The second-order valence-electron chi connectivity index (χ2n) is 8.94. The number of nitrogens with zero attached hydrogens (tertiary/aromatic N) is 1. The van der Waals surface area contributed by atoms with Gasteiger partial charge in [0.1, 0.15) is 17.9 Å². The van der Waals surface area contributed by atoms with Crippen molar-refractivity contribution in [3.05, 3.63) is 76.1 Å². The Kier molecular flexibility index (Phi) is 5.89. The molecule has 0 spiro atoms. The average Bonchev–Trinajstić information content (AvgIpc) is 2.68. The topological polar surface area (TPSA) is 40.5 Å². The fourth-order valence-electron chi connectivity index (χ4n) is 2.91. The molecule has 0 aliphatic carbocycles. The molecule has 2 aromatic carbocycles. The van der Waals surface area contributed by atoms with Crippen molar-refractivity contribution < 1.29 is 9.26 Å². The van der Waals surface area contributed by atoms with Crippen molar-refractivity contribution in [1.82, 2.24) is 4.73 Å². The number of aryl methyl sites for hydroxylation is 1. The highest BCUT2D eigenvalue weighted by atomic mass is 28.4. The lowest BCUT2D eigenvalue weighted by Crippen LogP contribution is -2.51. The van der Waals surface area contributed by atoms with Crippen LogP contribution in [0.15, 0.2) is 59.4 Å². The summed E-state index contributed by atoms with van der Waals surface area (Å²) in [4.78, 5) is 13.2. The summed E-state index contributed by atoms with van der Waals surface area (Å²) in [5.41, 5.74) is 2.43. The zero-order valence-electron chi connectivity index (χ0n) is 18.3. The molecule has 3 rings (SSSR count). The first kappa shape index (κ1) is 21.2.